The number of anilines is 1. The van der Waals surface area contributed by atoms with Gasteiger partial charge in [0.15, 0.2) is 9.84 Å². The molecular formula is C16H16FNO3S. The van der Waals surface area contributed by atoms with Crippen LogP contribution in [0.15, 0.2) is 54.6 Å². The number of para-hydroxylation sites is 1. The van der Waals surface area contributed by atoms with Crippen molar-refractivity contribution in [3.8, 4) is 0 Å². The molecule has 0 heterocycles. The minimum Gasteiger partial charge on any atom is -0.325 e. The molecule has 0 spiro atoms. The van der Waals surface area contributed by atoms with Gasteiger partial charge in [-0.3, -0.25) is 4.79 Å². The molecule has 0 radical (unpaired) electrons. The molecule has 0 aromatic heterocycles. The van der Waals surface area contributed by atoms with E-state index in [2.05, 4.69) is 5.32 Å². The molecule has 22 heavy (non-hydrogen) atoms. The summed E-state index contributed by atoms with van der Waals surface area (Å²) in [4.78, 5) is 12.1. The van der Waals surface area contributed by atoms with Crippen molar-refractivity contribution < 1.29 is 17.6 Å². The van der Waals surface area contributed by atoms with Crippen LogP contribution in [0.25, 0.3) is 0 Å². The Labute approximate surface area is 128 Å². The number of halogens is 1. The van der Waals surface area contributed by atoms with Crippen molar-refractivity contribution in [3.63, 3.8) is 0 Å². The van der Waals surface area contributed by atoms with Crippen molar-refractivity contribution in [2.24, 2.45) is 0 Å². The van der Waals surface area contributed by atoms with Gasteiger partial charge in [0.1, 0.15) is 11.1 Å². The quantitative estimate of drug-likeness (QED) is 0.921. The van der Waals surface area contributed by atoms with Crippen molar-refractivity contribution in [2.75, 3.05) is 5.32 Å². The molecule has 1 amide bonds. The van der Waals surface area contributed by atoms with Gasteiger partial charge >= 0.3 is 0 Å². The van der Waals surface area contributed by atoms with Crippen molar-refractivity contribution in [3.05, 3.63) is 66.0 Å². The van der Waals surface area contributed by atoms with Crippen LogP contribution < -0.4 is 5.32 Å². The fraction of sp³-hybridized carbons (Fsp3) is 0.188. The number of hydrogen-bond donors (Lipinski definition) is 1. The Morgan fingerprint density at radius 1 is 1.14 bits per heavy atom. The monoisotopic (exact) mass is 321 g/mol. The van der Waals surface area contributed by atoms with Crippen molar-refractivity contribution >= 4 is 21.4 Å². The van der Waals surface area contributed by atoms with Gasteiger partial charge in [-0.25, -0.2) is 12.8 Å². The molecule has 6 heteroatoms. The Balaban J connectivity index is 2.09. The number of carbonyl (C=O) groups is 1. The molecule has 116 valence electrons. The third-order valence-electron chi connectivity index (χ3n) is 3.21. The van der Waals surface area contributed by atoms with E-state index in [1.807, 2.05) is 0 Å². The lowest BCUT2D eigenvalue weighted by atomic mass is 10.2. The molecular weight excluding hydrogens is 305 g/mol. The normalized spacial score (nSPS) is 12.6. The van der Waals surface area contributed by atoms with E-state index in [0.717, 1.165) is 6.07 Å². The van der Waals surface area contributed by atoms with Crippen LogP contribution in [-0.2, 0) is 20.4 Å². The highest BCUT2D eigenvalue weighted by molar-refractivity contribution is 7.92. The van der Waals surface area contributed by atoms with Gasteiger partial charge in [0.25, 0.3) is 0 Å². The highest BCUT2D eigenvalue weighted by Crippen LogP contribution is 2.14. The summed E-state index contributed by atoms with van der Waals surface area (Å²) >= 11 is 0. The summed E-state index contributed by atoms with van der Waals surface area (Å²) in [6.07, 6.45) is 0. The van der Waals surface area contributed by atoms with E-state index in [1.165, 1.54) is 25.1 Å². The second-order valence-corrected chi connectivity index (χ2v) is 7.26. The first-order valence-electron chi connectivity index (χ1n) is 6.70. The lowest BCUT2D eigenvalue weighted by Gasteiger charge is -2.13. The highest BCUT2D eigenvalue weighted by Gasteiger charge is 2.28. The Morgan fingerprint density at radius 3 is 2.45 bits per heavy atom. The van der Waals surface area contributed by atoms with E-state index in [1.54, 1.807) is 30.3 Å². The van der Waals surface area contributed by atoms with Gasteiger partial charge in [-0.05, 0) is 36.8 Å². The standard InChI is InChI=1S/C16H16FNO3S/c1-12(16(19)18-15-8-3-2-4-9-15)22(20,21)11-13-6-5-7-14(17)10-13/h2-10,12H,11H2,1H3,(H,18,19). The zero-order chi connectivity index (χ0) is 16.2. The van der Waals surface area contributed by atoms with Crippen LogP contribution in [0.3, 0.4) is 0 Å². The molecule has 4 nitrogen and oxygen atoms in total. The van der Waals surface area contributed by atoms with Crippen LogP contribution in [-0.4, -0.2) is 19.6 Å². The molecule has 0 aliphatic rings. The van der Waals surface area contributed by atoms with Gasteiger partial charge < -0.3 is 5.32 Å². The van der Waals surface area contributed by atoms with Gasteiger partial charge in [0.05, 0.1) is 5.75 Å². The number of nitrogens with one attached hydrogen (secondary N) is 1. The molecule has 0 fully saturated rings. The summed E-state index contributed by atoms with van der Waals surface area (Å²) in [7, 11) is -3.73. The van der Waals surface area contributed by atoms with E-state index < -0.39 is 26.8 Å². The van der Waals surface area contributed by atoms with E-state index in [9.17, 15) is 17.6 Å². The minimum absolute atomic E-state index is 0.319. The van der Waals surface area contributed by atoms with Crippen molar-refractivity contribution in [2.45, 2.75) is 17.9 Å². The van der Waals surface area contributed by atoms with E-state index in [-0.39, 0.29) is 5.75 Å². The van der Waals surface area contributed by atoms with Crippen molar-refractivity contribution in [1.29, 1.82) is 0 Å². The maximum Gasteiger partial charge on any atom is 0.242 e. The van der Waals surface area contributed by atoms with Gasteiger partial charge in [-0.1, -0.05) is 30.3 Å². The number of carbonyl (C=O) groups excluding carboxylic acids is 1. The van der Waals surface area contributed by atoms with Crippen LogP contribution in [0.2, 0.25) is 0 Å². The van der Waals surface area contributed by atoms with Crippen LogP contribution >= 0.6 is 0 Å². The maximum absolute atomic E-state index is 13.1. The summed E-state index contributed by atoms with van der Waals surface area (Å²) in [5, 5.41) is 1.33. The molecule has 0 aliphatic carbocycles. The topological polar surface area (TPSA) is 63.2 Å². The minimum atomic E-state index is -3.73. The molecule has 2 aromatic carbocycles. The van der Waals surface area contributed by atoms with Gasteiger partial charge in [-0.15, -0.1) is 0 Å². The Morgan fingerprint density at radius 2 is 1.82 bits per heavy atom. The predicted molar refractivity (Wildman–Crippen MR) is 83.6 cm³/mol. The summed E-state index contributed by atoms with van der Waals surface area (Å²) in [6, 6.07) is 14.0. The molecule has 1 atom stereocenters. The fourth-order valence-corrected chi connectivity index (χ4v) is 3.19. The predicted octanol–water partition coefficient (Wildman–Crippen LogP) is 2.77. The van der Waals surface area contributed by atoms with Gasteiger partial charge in [0, 0.05) is 5.69 Å². The zero-order valence-corrected chi connectivity index (χ0v) is 12.8. The summed E-state index contributed by atoms with van der Waals surface area (Å²) in [6.45, 7) is 1.33. The molecule has 1 N–H and O–H groups in total. The second kappa shape index (κ2) is 6.70. The average Bonchev–Trinajstić information content (AvgIpc) is 2.47. The molecule has 2 aromatic rings. The van der Waals surface area contributed by atoms with Crippen LogP contribution in [0.5, 0.6) is 0 Å². The third kappa shape index (κ3) is 4.14. The van der Waals surface area contributed by atoms with Gasteiger partial charge in [-0.2, -0.15) is 0 Å². The second-order valence-electron chi connectivity index (χ2n) is 4.93. The maximum atomic E-state index is 13.1. The Kier molecular flexibility index (Phi) is 4.92. The van der Waals surface area contributed by atoms with Crippen LogP contribution in [0.1, 0.15) is 12.5 Å². The number of hydrogen-bond acceptors (Lipinski definition) is 3. The summed E-state index contributed by atoms with van der Waals surface area (Å²) < 4.78 is 37.6. The SMILES string of the molecule is CC(C(=O)Nc1ccccc1)S(=O)(=O)Cc1cccc(F)c1. The lowest BCUT2D eigenvalue weighted by molar-refractivity contribution is -0.115. The number of amides is 1. The van der Waals surface area contributed by atoms with E-state index in [4.69, 9.17) is 0 Å². The summed E-state index contributed by atoms with van der Waals surface area (Å²) in [5.74, 6) is -1.49. The van der Waals surface area contributed by atoms with E-state index >= 15 is 0 Å². The average molecular weight is 321 g/mol. The first-order chi connectivity index (χ1) is 10.4. The van der Waals surface area contributed by atoms with Crippen LogP contribution in [0.4, 0.5) is 10.1 Å². The Hall–Kier alpha value is -2.21. The lowest BCUT2D eigenvalue weighted by Crippen LogP contribution is -2.33. The summed E-state index contributed by atoms with van der Waals surface area (Å²) in [5.41, 5.74) is 0.847. The fourth-order valence-electron chi connectivity index (χ4n) is 1.91. The molecule has 0 bridgehead atoms. The molecule has 2 rings (SSSR count). The van der Waals surface area contributed by atoms with Crippen LogP contribution in [0, 0.1) is 5.82 Å². The first-order valence-corrected chi connectivity index (χ1v) is 8.42. The van der Waals surface area contributed by atoms with Gasteiger partial charge in [0.2, 0.25) is 5.91 Å². The zero-order valence-electron chi connectivity index (χ0n) is 12.0. The molecule has 0 saturated heterocycles. The third-order valence-corrected chi connectivity index (χ3v) is 5.23. The highest BCUT2D eigenvalue weighted by atomic mass is 32.2. The molecule has 0 saturated carbocycles. The molecule has 0 aliphatic heterocycles. The number of rotatable bonds is 5. The largest absolute Gasteiger partial charge is 0.325 e. The van der Waals surface area contributed by atoms with E-state index in [0.29, 0.717) is 11.3 Å². The number of benzene rings is 2. The number of sulfone groups is 1. The first kappa shape index (κ1) is 16.2. The molecule has 1 unspecified atom stereocenters. The van der Waals surface area contributed by atoms with Crippen molar-refractivity contribution in [1.82, 2.24) is 0 Å². The smallest absolute Gasteiger partial charge is 0.242 e. The Bertz CT molecular complexity index is 760.